The molecule has 0 saturated carbocycles. The molecule has 5 aromatic rings. The normalized spacial score (nSPS) is 11.1. The van der Waals surface area contributed by atoms with Crippen LogP contribution in [0.15, 0.2) is 82.0 Å². The van der Waals surface area contributed by atoms with E-state index in [1.807, 2.05) is 68.4 Å². The maximum absolute atomic E-state index is 12.5. The van der Waals surface area contributed by atoms with Crippen molar-refractivity contribution in [2.24, 2.45) is 0 Å². The monoisotopic (exact) mass is 424 g/mol. The molecule has 0 spiro atoms. The number of aryl methyl sites for hydroxylation is 2. The van der Waals surface area contributed by atoms with E-state index >= 15 is 0 Å². The first-order valence-corrected chi connectivity index (χ1v) is 10.2. The van der Waals surface area contributed by atoms with Crippen LogP contribution in [0.2, 0.25) is 0 Å². The van der Waals surface area contributed by atoms with Crippen molar-refractivity contribution in [3.05, 3.63) is 94.5 Å². The second-order valence-electron chi connectivity index (χ2n) is 7.58. The van der Waals surface area contributed by atoms with Crippen molar-refractivity contribution in [2.75, 3.05) is 10.6 Å². The molecule has 0 saturated heterocycles. The Labute approximate surface area is 183 Å². The van der Waals surface area contributed by atoms with Gasteiger partial charge in [-0.25, -0.2) is 9.59 Å². The van der Waals surface area contributed by atoms with Crippen LogP contribution < -0.4 is 16.3 Å². The Hall–Kier alpha value is -4.39. The zero-order chi connectivity index (χ0) is 22.2. The van der Waals surface area contributed by atoms with Crippen LogP contribution in [0.4, 0.5) is 16.2 Å². The summed E-state index contributed by atoms with van der Waals surface area (Å²) in [5, 5.41) is 13.1. The van der Waals surface area contributed by atoms with Gasteiger partial charge in [-0.15, -0.1) is 0 Å². The highest BCUT2D eigenvalue weighted by Gasteiger charge is 2.15. The van der Waals surface area contributed by atoms with Crippen molar-refractivity contribution in [3.63, 3.8) is 0 Å². The summed E-state index contributed by atoms with van der Waals surface area (Å²) in [5.41, 5.74) is 3.66. The Morgan fingerprint density at radius 3 is 2.50 bits per heavy atom. The summed E-state index contributed by atoms with van der Waals surface area (Å²) >= 11 is 0. The first kappa shape index (κ1) is 19.6. The molecule has 0 atom stereocenters. The predicted molar refractivity (Wildman–Crippen MR) is 126 cm³/mol. The smallest absolute Gasteiger partial charge is 0.337 e. The van der Waals surface area contributed by atoms with E-state index in [1.54, 1.807) is 16.8 Å². The number of hydrogen-bond acceptors (Lipinski definition) is 4. The van der Waals surface area contributed by atoms with E-state index in [4.69, 9.17) is 4.42 Å². The van der Waals surface area contributed by atoms with E-state index in [2.05, 4.69) is 15.7 Å². The SMILES string of the molecule is Cc1cc(=O)oc2c1c(C)nn2-c1ccc(NC(=O)Nc2cccc3ccccc23)cc1. The molecule has 2 heterocycles. The maximum atomic E-state index is 12.5. The zero-order valence-electron chi connectivity index (χ0n) is 17.5. The number of hydrogen-bond donors (Lipinski definition) is 2. The van der Waals surface area contributed by atoms with Crippen LogP contribution in [0, 0.1) is 13.8 Å². The topological polar surface area (TPSA) is 89.2 Å². The number of amides is 2. The minimum atomic E-state index is -0.417. The Kier molecular flexibility index (Phi) is 4.71. The van der Waals surface area contributed by atoms with Crippen LogP contribution in [0.3, 0.4) is 0 Å². The third-order valence-electron chi connectivity index (χ3n) is 5.35. The Bertz CT molecular complexity index is 1530. The van der Waals surface area contributed by atoms with Gasteiger partial charge in [-0.05, 0) is 55.1 Å². The molecule has 7 nitrogen and oxygen atoms in total. The lowest BCUT2D eigenvalue weighted by Crippen LogP contribution is -2.19. The lowest BCUT2D eigenvalue weighted by Gasteiger charge is -2.11. The molecule has 5 rings (SSSR count). The van der Waals surface area contributed by atoms with Crippen molar-refractivity contribution in [1.29, 1.82) is 0 Å². The first-order chi connectivity index (χ1) is 15.5. The highest BCUT2D eigenvalue weighted by atomic mass is 16.4. The van der Waals surface area contributed by atoms with Gasteiger partial charge in [-0.3, -0.25) is 0 Å². The van der Waals surface area contributed by atoms with Crippen LogP contribution in [-0.4, -0.2) is 15.8 Å². The van der Waals surface area contributed by atoms with Crippen LogP contribution >= 0.6 is 0 Å². The molecule has 7 heteroatoms. The third-order valence-corrected chi connectivity index (χ3v) is 5.35. The van der Waals surface area contributed by atoms with E-state index in [-0.39, 0.29) is 6.03 Å². The molecule has 0 fully saturated rings. The van der Waals surface area contributed by atoms with Crippen molar-refractivity contribution >= 4 is 39.3 Å². The summed E-state index contributed by atoms with van der Waals surface area (Å²) < 4.78 is 7.01. The highest BCUT2D eigenvalue weighted by Crippen LogP contribution is 2.25. The highest BCUT2D eigenvalue weighted by molar-refractivity contribution is 6.06. The molecule has 3 aromatic carbocycles. The molecule has 2 amide bonds. The third kappa shape index (κ3) is 3.50. The fraction of sp³-hybridized carbons (Fsp3) is 0.0800. The molecule has 2 aromatic heterocycles. The Balaban J connectivity index is 1.38. The summed E-state index contributed by atoms with van der Waals surface area (Å²) in [6, 6.07) is 21.9. The van der Waals surface area contributed by atoms with Gasteiger partial charge in [0.05, 0.1) is 22.5 Å². The van der Waals surface area contributed by atoms with E-state index < -0.39 is 5.63 Å². The molecule has 0 unspecified atom stereocenters. The lowest BCUT2D eigenvalue weighted by atomic mass is 10.1. The minimum absolute atomic E-state index is 0.337. The largest absolute Gasteiger partial charge is 0.403 e. The Morgan fingerprint density at radius 2 is 1.69 bits per heavy atom. The molecule has 0 aliphatic heterocycles. The number of rotatable bonds is 3. The minimum Gasteiger partial charge on any atom is -0.403 e. The fourth-order valence-electron chi connectivity index (χ4n) is 3.91. The first-order valence-electron chi connectivity index (χ1n) is 10.2. The van der Waals surface area contributed by atoms with Gasteiger partial charge in [0.2, 0.25) is 5.71 Å². The molecule has 2 N–H and O–H groups in total. The van der Waals surface area contributed by atoms with Gasteiger partial charge in [0.25, 0.3) is 0 Å². The van der Waals surface area contributed by atoms with Crippen LogP contribution in [-0.2, 0) is 0 Å². The van der Waals surface area contributed by atoms with Crippen molar-refractivity contribution < 1.29 is 9.21 Å². The van der Waals surface area contributed by atoms with Gasteiger partial charge >= 0.3 is 11.7 Å². The van der Waals surface area contributed by atoms with Gasteiger partial charge in [-0.2, -0.15) is 9.78 Å². The van der Waals surface area contributed by atoms with E-state index in [0.29, 0.717) is 11.4 Å². The van der Waals surface area contributed by atoms with E-state index in [9.17, 15) is 9.59 Å². The van der Waals surface area contributed by atoms with Gasteiger partial charge in [0.1, 0.15) is 0 Å². The summed E-state index contributed by atoms with van der Waals surface area (Å²) in [5.74, 6) is 0. The number of carbonyl (C=O) groups excluding carboxylic acids is 1. The molecular weight excluding hydrogens is 404 g/mol. The predicted octanol–water partition coefficient (Wildman–Crippen LogP) is 5.39. The number of carbonyl (C=O) groups is 1. The van der Waals surface area contributed by atoms with Gasteiger partial charge in [-0.1, -0.05) is 36.4 Å². The summed E-state index contributed by atoms with van der Waals surface area (Å²) in [6.45, 7) is 3.74. The summed E-state index contributed by atoms with van der Waals surface area (Å²) in [7, 11) is 0. The number of fused-ring (bicyclic) bond motifs is 2. The standard InChI is InChI=1S/C25H20N4O3/c1-15-14-22(30)32-24-23(15)16(2)28-29(24)19-12-10-18(11-13-19)26-25(31)27-21-9-5-7-17-6-3-4-8-20(17)21/h3-14H,1-2H3,(H2,26,27,31). The van der Waals surface area contributed by atoms with Crippen molar-refractivity contribution in [1.82, 2.24) is 9.78 Å². The summed E-state index contributed by atoms with van der Waals surface area (Å²) in [4.78, 5) is 24.4. The van der Waals surface area contributed by atoms with Crippen molar-refractivity contribution in [3.8, 4) is 5.69 Å². The van der Waals surface area contributed by atoms with Crippen molar-refractivity contribution in [2.45, 2.75) is 13.8 Å². The van der Waals surface area contributed by atoms with Crippen LogP contribution in [0.1, 0.15) is 11.3 Å². The number of aromatic nitrogens is 2. The molecule has 0 aliphatic carbocycles. The van der Waals surface area contributed by atoms with Gasteiger partial charge in [0, 0.05) is 17.1 Å². The molecule has 158 valence electrons. The summed E-state index contributed by atoms with van der Waals surface area (Å²) in [6.07, 6.45) is 0. The van der Waals surface area contributed by atoms with E-state index in [1.165, 1.54) is 6.07 Å². The molecule has 0 bridgehead atoms. The quantitative estimate of drug-likeness (QED) is 0.406. The number of anilines is 2. The molecular formula is C25H20N4O3. The molecule has 32 heavy (non-hydrogen) atoms. The zero-order valence-corrected chi connectivity index (χ0v) is 17.5. The average molecular weight is 424 g/mol. The Morgan fingerprint density at radius 1 is 0.938 bits per heavy atom. The average Bonchev–Trinajstić information content (AvgIpc) is 3.11. The maximum Gasteiger partial charge on any atom is 0.337 e. The van der Waals surface area contributed by atoms with Gasteiger partial charge in [0.15, 0.2) is 0 Å². The van der Waals surface area contributed by atoms with E-state index in [0.717, 1.165) is 38.8 Å². The second-order valence-corrected chi connectivity index (χ2v) is 7.58. The van der Waals surface area contributed by atoms with Crippen LogP contribution in [0.5, 0.6) is 0 Å². The number of benzene rings is 3. The van der Waals surface area contributed by atoms with Crippen LogP contribution in [0.25, 0.3) is 27.6 Å². The second kappa shape index (κ2) is 7.70. The van der Waals surface area contributed by atoms with Gasteiger partial charge < -0.3 is 15.1 Å². The number of urea groups is 1. The number of nitrogens with zero attached hydrogens (tertiary/aromatic N) is 2. The fourth-order valence-corrected chi connectivity index (χ4v) is 3.91. The number of nitrogens with one attached hydrogen (secondary N) is 2. The molecule has 0 radical (unpaired) electrons. The lowest BCUT2D eigenvalue weighted by molar-refractivity contribution is 0.262. The molecule has 0 aliphatic rings.